The van der Waals surface area contributed by atoms with Crippen molar-refractivity contribution in [2.75, 3.05) is 6.54 Å². The first-order valence-corrected chi connectivity index (χ1v) is 7.69. The van der Waals surface area contributed by atoms with E-state index in [0.29, 0.717) is 24.6 Å². The molecule has 1 aliphatic rings. The molecule has 1 aliphatic carbocycles. The first kappa shape index (κ1) is 14.7. The van der Waals surface area contributed by atoms with Crippen LogP contribution in [0, 0.1) is 5.92 Å². The summed E-state index contributed by atoms with van der Waals surface area (Å²) in [5.74, 6) is 0.368. The number of nitrogens with zero attached hydrogens (tertiary/aromatic N) is 3. The third-order valence-electron chi connectivity index (χ3n) is 4.34. The highest BCUT2D eigenvalue weighted by atomic mass is 16.1. The SMILES string of the molecule is NC[C@H]1CCC[C@@H]1NC(=O)c1ccccc1Cn1cncn1. The Balaban J connectivity index is 1.74. The molecule has 0 spiro atoms. The number of hydrogen-bond donors (Lipinski definition) is 2. The largest absolute Gasteiger partial charge is 0.349 e. The highest BCUT2D eigenvalue weighted by Crippen LogP contribution is 2.25. The fourth-order valence-corrected chi connectivity index (χ4v) is 3.12. The molecule has 0 bridgehead atoms. The molecule has 1 aromatic heterocycles. The standard InChI is InChI=1S/C16H21N5O/c17-8-12-5-3-7-15(12)20-16(22)14-6-2-1-4-13(14)9-21-11-18-10-19-21/h1-2,4,6,10-12,15H,3,5,7-9,17H2,(H,20,22)/t12-,15+/m1/s1. The topological polar surface area (TPSA) is 85.8 Å². The molecule has 6 nitrogen and oxygen atoms in total. The average molecular weight is 299 g/mol. The second-order valence-electron chi connectivity index (χ2n) is 5.76. The molecule has 1 fully saturated rings. The summed E-state index contributed by atoms with van der Waals surface area (Å²) in [6, 6.07) is 7.81. The lowest BCUT2D eigenvalue weighted by Gasteiger charge is -2.20. The van der Waals surface area contributed by atoms with Gasteiger partial charge in [0.1, 0.15) is 12.7 Å². The van der Waals surface area contributed by atoms with Gasteiger partial charge in [-0.05, 0) is 36.9 Å². The summed E-state index contributed by atoms with van der Waals surface area (Å²) in [6.07, 6.45) is 6.39. The van der Waals surface area contributed by atoms with Gasteiger partial charge in [0.05, 0.1) is 6.54 Å². The van der Waals surface area contributed by atoms with E-state index in [1.165, 1.54) is 6.33 Å². The highest BCUT2D eigenvalue weighted by molar-refractivity contribution is 5.95. The van der Waals surface area contributed by atoms with Gasteiger partial charge in [-0.3, -0.25) is 4.79 Å². The summed E-state index contributed by atoms with van der Waals surface area (Å²) < 4.78 is 1.71. The fraction of sp³-hybridized carbons (Fsp3) is 0.438. The fourth-order valence-electron chi connectivity index (χ4n) is 3.12. The maximum atomic E-state index is 12.6. The number of benzene rings is 1. The van der Waals surface area contributed by atoms with Crippen molar-refractivity contribution in [1.29, 1.82) is 0 Å². The van der Waals surface area contributed by atoms with E-state index in [4.69, 9.17) is 5.73 Å². The average Bonchev–Trinajstić information content (AvgIpc) is 3.19. The van der Waals surface area contributed by atoms with E-state index in [9.17, 15) is 4.79 Å². The Labute approximate surface area is 129 Å². The summed E-state index contributed by atoms with van der Waals surface area (Å²) in [7, 11) is 0. The Morgan fingerprint density at radius 3 is 3.00 bits per heavy atom. The molecule has 1 amide bonds. The Morgan fingerprint density at radius 1 is 1.36 bits per heavy atom. The molecule has 2 aromatic rings. The Kier molecular flexibility index (Phi) is 4.48. The van der Waals surface area contributed by atoms with Crippen molar-refractivity contribution in [2.45, 2.75) is 31.8 Å². The lowest BCUT2D eigenvalue weighted by Crippen LogP contribution is -2.40. The van der Waals surface area contributed by atoms with Crippen LogP contribution < -0.4 is 11.1 Å². The first-order chi connectivity index (χ1) is 10.8. The number of aromatic nitrogens is 3. The van der Waals surface area contributed by atoms with Gasteiger partial charge in [-0.2, -0.15) is 5.10 Å². The van der Waals surface area contributed by atoms with Gasteiger partial charge in [-0.25, -0.2) is 9.67 Å². The van der Waals surface area contributed by atoms with Crippen LogP contribution in [0.15, 0.2) is 36.9 Å². The lowest BCUT2D eigenvalue weighted by molar-refractivity contribution is 0.0927. The molecule has 0 saturated heterocycles. The van der Waals surface area contributed by atoms with E-state index in [0.717, 1.165) is 24.8 Å². The number of rotatable bonds is 5. The quantitative estimate of drug-likeness (QED) is 0.868. The van der Waals surface area contributed by atoms with Crippen molar-refractivity contribution < 1.29 is 4.79 Å². The third kappa shape index (κ3) is 3.17. The van der Waals surface area contributed by atoms with Crippen molar-refractivity contribution in [3.05, 3.63) is 48.0 Å². The normalized spacial score (nSPS) is 21.0. The molecule has 0 aliphatic heterocycles. The number of hydrogen-bond acceptors (Lipinski definition) is 4. The van der Waals surface area contributed by atoms with Crippen LogP contribution >= 0.6 is 0 Å². The van der Waals surface area contributed by atoms with Crippen LogP contribution in [0.3, 0.4) is 0 Å². The van der Waals surface area contributed by atoms with Crippen LogP contribution in [0.2, 0.25) is 0 Å². The molecule has 1 heterocycles. The van der Waals surface area contributed by atoms with Crippen LogP contribution in [0.25, 0.3) is 0 Å². The maximum Gasteiger partial charge on any atom is 0.251 e. The zero-order chi connectivity index (χ0) is 15.4. The predicted molar refractivity (Wildman–Crippen MR) is 83.2 cm³/mol. The van der Waals surface area contributed by atoms with E-state index in [2.05, 4.69) is 15.4 Å². The lowest BCUT2D eigenvalue weighted by atomic mass is 10.0. The van der Waals surface area contributed by atoms with Crippen LogP contribution in [0.4, 0.5) is 0 Å². The van der Waals surface area contributed by atoms with Gasteiger partial charge in [0.2, 0.25) is 0 Å². The van der Waals surface area contributed by atoms with Crippen LogP contribution in [0.1, 0.15) is 35.2 Å². The number of carbonyl (C=O) groups is 1. The van der Waals surface area contributed by atoms with Crippen LogP contribution in [-0.2, 0) is 6.54 Å². The Bertz CT molecular complexity index is 625. The zero-order valence-corrected chi connectivity index (χ0v) is 12.5. The van der Waals surface area contributed by atoms with Gasteiger partial charge < -0.3 is 11.1 Å². The second kappa shape index (κ2) is 6.70. The van der Waals surface area contributed by atoms with Gasteiger partial charge >= 0.3 is 0 Å². The summed E-state index contributed by atoms with van der Waals surface area (Å²) in [5.41, 5.74) is 7.42. The molecular formula is C16H21N5O. The molecule has 3 rings (SSSR count). The second-order valence-corrected chi connectivity index (χ2v) is 5.76. The summed E-state index contributed by atoms with van der Waals surface area (Å²) in [6.45, 7) is 1.17. The van der Waals surface area contributed by atoms with Crippen molar-refractivity contribution in [1.82, 2.24) is 20.1 Å². The number of nitrogens with two attached hydrogens (primary N) is 1. The van der Waals surface area contributed by atoms with E-state index in [-0.39, 0.29) is 11.9 Å². The number of nitrogens with one attached hydrogen (secondary N) is 1. The molecule has 0 unspecified atom stereocenters. The molecule has 0 radical (unpaired) electrons. The van der Waals surface area contributed by atoms with Crippen molar-refractivity contribution in [2.24, 2.45) is 11.7 Å². The molecule has 22 heavy (non-hydrogen) atoms. The molecule has 1 saturated carbocycles. The molecule has 1 aromatic carbocycles. The van der Waals surface area contributed by atoms with E-state index in [1.54, 1.807) is 11.0 Å². The third-order valence-corrected chi connectivity index (χ3v) is 4.34. The van der Waals surface area contributed by atoms with E-state index in [1.807, 2.05) is 24.3 Å². The van der Waals surface area contributed by atoms with Gasteiger partial charge in [0.25, 0.3) is 5.91 Å². The minimum absolute atomic E-state index is 0.0268. The minimum Gasteiger partial charge on any atom is -0.349 e. The maximum absolute atomic E-state index is 12.6. The smallest absolute Gasteiger partial charge is 0.251 e. The Morgan fingerprint density at radius 2 is 2.23 bits per heavy atom. The van der Waals surface area contributed by atoms with Crippen molar-refractivity contribution in [3.8, 4) is 0 Å². The van der Waals surface area contributed by atoms with Gasteiger partial charge in [0.15, 0.2) is 0 Å². The molecule has 6 heteroatoms. The molecule has 116 valence electrons. The highest BCUT2D eigenvalue weighted by Gasteiger charge is 2.28. The number of carbonyl (C=O) groups excluding carboxylic acids is 1. The zero-order valence-electron chi connectivity index (χ0n) is 12.5. The monoisotopic (exact) mass is 299 g/mol. The van der Waals surface area contributed by atoms with Gasteiger partial charge in [-0.1, -0.05) is 24.6 Å². The summed E-state index contributed by atoms with van der Waals surface area (Å²) >= 11 is 0. The van der Waals surface area contributed by atoms with Crippen LogP contribution in [-0.4, -0.2) is 33.3 Å². The van der Waals surface area contributed by atoms with Crippen molar-refractivity contribution in [3.63, 3.8) is 0 Å². The minimum atomic E-state index is -0.0268. The van der Waals surface area contributed by atoms with Crippen molar-refractivity contribution >= 4 is 5.91 Å². The predicted octanol–water partition coefficient (Wildman–Crippen LogP) is 1.18. The van der Waals surface area contributed by atoms with E-state index >= 15 is 0 Å². The molecule has 3 N–H and O–H groups in total. The Hall–Kier alpha value is -2.21. The number of amides is 1. The van der Waals surface area contributed by atoms with Gasteiger partial charge in [-0.15, -0.1) is 0 Å². The molecular weight excluding hydrogens is 278 g/mol. The first-order valence-electron chi connectivity index (χ1n) is 7.69. The van der Waals surface area contributed by atoms with E-state index < -0.39 is 0 Å². The summed E-state index contributed by atoms with van der Waals surface area (Å²) in [5, 5.41) is 7.25. The summed E-state index contributed by atoms with van der Waals surface area (Å²) in [4.78, 5) is 16.5. The molecule has 2 atom stereocenters. The van der Waals surface area contributed by atoms with Crippen LogP contribution in [0.5, 0.6) is 0 Å². The van der Waals surface area contributed by atoms with Gasteiger partial charge in [0, 0.05) is 11.6 Å².